The molecule has 0 amide bonds. The highest BCUT2D eigenvalue weighted by Crippen LogP contribution is 2.27. The summed E-state index contributed by atoms with van der Waals surface area (Å²) in [5.41, 5.74) is 3.52. The van der Waals surface area contributed by atoms with E-state index in [1.807, 2.05) is 30.3 Å². The number of ether oxygens (including phenoxy) is 1. The first kappa shape index (κ1) is 11.5. The van der Waals surface area contributed by atoms with Crippen LogP contribution in [-0.4, -0.2) is 7.11 Å². The van der Waals surface area contributed by atoms with Crippen LogP contribution in [0.3, 0.4) is 0 Å². The molecule has 0 bridgehead atoms. The Morgan fingerprint density at radius 2 is 1.76 bits per heavy atom. The predicted molar refractivity (Wildman–Crippen MR) is 71.5 cm³/mol. The quantitative estimate of drug-likeness (QED) is 0.861. The maximum atomic E-state index is 5.35. The van der Waals surface area contributed by atoms with Crippen LogP contribution in [-0.2, 0) is 6.54 Å². The zero-order chi connectivity index (χ0) is 12.1. The van der Waals surface area contributed by atoms with Gasteiger partial charge in [-0.05, 0) is 24.1 Å². The molecule has 0 unspecified atom stereocenters. The molecule has 0 aromatic heterocycles. The molecule has 17 heavy (non-hydrogen) atoms. The molecule has 2 heteroatoms. The standard InChI is InChI=1S/C15H17NO/c1-12-7-6-10-14(17-2)15(12)16-11-13-8-4-3-5-9-13/h3-10,16H,11H2,1-2H3. The van der Waals surface area contributed by atoms with Crippen LogP contribution in [0.25, 0.3) is 0 Å². The number of nitrogens with one attached hydrogen (secondary N) is 1. The molecule has 0 saturated heterocycles. The van der Waals surface area contributed by atoms with Gasteiger partial charge in [0.1, 0.15) is 5.75 Å². The lowest BCUT2D eigenvalue weighted by atomic mass is 10.1. The largest absolute Gasteiger partial charge is 0.495 e. The second kappa shape index (κ2) is 5.39. The van der Waals surface area contributed by atoms with E-state index in [4.69, 9.17) is 4.74 Å². The van der Waals surface area contributed by atoms with E-state index in [0.717, 1.165) is 18.0 Å². The summed E-state index contributed by atoms with van der Waals surface area (Å²) in [6, 6.07) is 16.4. The fraction of sp³-hybridized carbons (Fsp3) is 0.200. The van der Waals surface area contributed by atoms with Crippen LogP contribution in [0.4, 0.5) is 5.69 Å². The van der Waals surface area contributed by atoms with Gasteiger partial charge in [0.2, 0.25) is 0 Å². The summed E-state index contributed by atoms with van der Waals surface area (Å²) in [7, 11) is 1.70. The van der Waals surface area contributed by atoms with Gasteiger partial charge in [0, 0.05) is 6.54 Å². The molecule has 0 aliphatic carbocycles. The van der Waals surface area contributed by atoms with Gasteiger partial charge in [0.25, 0.3) is 0 Å². The summed E-state index contributed by atoms with van der Waals surface area (Å²) in [5.74, 6) is 0.890. The third kappa shape index (κ3) is 2.78. The average Bonchev–Trinajstić information content (AvgIpc) is 2.38. The minimum atomic E-state index is 0.808. The van der Waals surface area contributed by atoms with Crippen molar-refractivity contribution in [3.05, 3.63) is 59.7 Å². The normalized spacial score (nSPS) is 10.0. The summed E-state index contributed by atoms with van der Waals surface area (Å²) in [4.78, 5) is 0. The Balaban J connectivity index is 2.14. The highest BCUT2D eigenvalue weighted by Gasteiger charge is 2.04. The predicted octanol–water partition coefficient (Wildman–Crippen LogP) is 3.62. The monoisotopic (exact) mass is 227 g/mol. The Bertz CT molecular complexity index is 480. The van der Waals surface area contributed by atoms with Crippen LogP contribution >= 0.6 is 0 Å². The van der Waals surface area contributed by atoms with E-state index in [0.29, 0.717) is 0 Å². The Hall–Kier alpha value is -1.96. The van der Waals surface area contributed by atoms with Gasteiger partial charge in [0.15, 0.2) is 0 Å². The lowest BCUT2D eigenvalue weighted by molar-refractivity contribution is 0.416. The van der Waals surface area contributed by atoms with Gasteiger partial charge in [-0.2, -0.15) is 0 Å². The minimum Gasteiger partial charge on any atom is -0.495 e. The minimum absolute atomic E-state index is 0.808. The molecule has 2 aromatic rings. The maximum Gasteiger partial charge on any atom is 0.142 e. The molecule has 0 aliphatic heterocycles. The van der Waals surface area contributed by atoms with E-state index >= 15 is 0 Å². The van der Waals surface area contributed by atoms with E-state index in [1.54, 1.807) is 7.11 Å². The van der Waals surface area contributed by atoms with Crippen LogP contribution in [0.15, 0.2) is 48.5 Å². The van der Waals surface area contributed by atoms with Crippen molar-refractivity contribution in [1.29, 1.82) is 0 Å². The highest BCUT2D eigenvalue weighted by atomic mass is 16.5. The summed E-state index contributed by atoms with van der Waals surface area (Å²) in [5, 5.41) is 3.42. The van der Waals surface area contributed by atoms with Gasteiger partial charge >= 0.3 is 0 Å². The smallest absolute Gasteiger partial charge is 0.142 e. The maximum absolute atomic E-state index is 5.35. The first-order chi connectivity index (χ1) is 8.31. The van der Waals surface area contributed by atoms with E-state index in [2.05, 4.69) is 30.4 Å². The third-order valence-corrected chi connectivity index (χ3v) is 2.77. The molecule has 0 spiro atoms. The molecule has 0 fully saturated rings. The Kier molecular flexibility index (Phi) is 3.66. The number of hydrogen-bond donors (Lipinski definition) is 1. The Labute approximate surface area is 102 Å². The average molecular weight is 227 g/mol. The van der Waals surface area contributed by atoms with Crippen molar-refractivity contribution in [3.63, 3.8) is 0 Å². The van der Waals surface area contributed by atoms with Crippen molar-refractivity contribution in [1.82, 2.24) is 0 Å². The molecule has 2 aromatic carbocycles. The van der Waals surface area contributed by atoms with Crippen molar-refractivity contribution in [2.24, 2.45) is 0 Å². The second-order valence-corrected chi connectivity index (χ2v) is 3.99. The van der Waals surface area contributed by atoms with E-state index in [-0.39, 0.29) is 0 Å². The molecule has 2 rings (SSSR count). The van der Waals surface area contributed by atoms with Gasteiger partial charge in [-0.15, -0.1) is 0 Å². The van der Waals surface area contributed by atoms with Crippen LogP contribution in [0.1, 0.15) is 11.1 Å². The van der Waals surface area contributed by atoms with Crippen molar-refractivity contribution >= 4 is 5.69 Å². The number of aryl methyl sites for hydroxylation is 1. The SMILES string of the molecule is COc1cccc(C)c1NCc1ccccc1. The molecular formula is C15H17NO. The number of hydrogen-bond acceptors (Lipinski definition) is 2. The number of methoxy groups -OCH3 is 1. The summed E-state index contributed by atoms with van der Waals surface area (Å²) in [6.07, 6.45) is 0. The van der Waals surface area contributed by atoms with E-state index in [9.17, 15) is 0 Å². The molecule has 0 aliphatic rings. The molecule has 0 heterocycles. The number of anilines is 1. The second-order valence-electron chi connectivity index (χ2n) is 3.99. The molecule has 0 atom stereocenters. The van der Waals surface area contributed by atoms with Crippen LogP contribution in [0.2, 0.25) is 0 Å². The van der Waals surface area contributed by atoms with Gasteiger partial charge in [-0.1, -0.05) is 42.5 Å². The molecule has 88 valence electrons. The van der Waals surface area contributed by atoms with Crippen LogP contribution in [0.5, 0.6) is 5.75 Å². The fourth-order valence-corrected chi connectivity index (χ4v) is 1.82. The van der Waals surface area contributed by atoms with Gasteiger partial charge < -0.3 is 10.1 Å². The van der Waals surface area contributed by atoms with Crippen molar-refractivity contribution < 1.29 is 4.74 Å². The zero-order valence-corrected chi connectivity index (χ0v) is 10.2. The van der Waals surface area contributed by atoms with Crippen LogP contribution < -0.4 is 10.1 Å². The third-order valence-electron chi connectivity index (χ3n) is 2.77. The molecule has 2 nitrogen and oxygen atoms in total. The summed E-state index contributed by atoms with van der Waals surface area (Å²) in [6.45, 7) is 2.89. The van der Waals surface area contributed by atoms with Gasteiger partial charge in [-0.25, -0.2) is 0 Å². The number of benzene rings is 2. The first-order valence-electron chi connectivity index (χ1n) is 5.72. The number of rotatable bonds is 4. The highest BCUT2D eigenvalue weighted by molar-refractivity contribution is 5.61. The van der Waals surface area contributed by atoms with Crippen LogP contribution in [0, 0.1) is 6.92 Å². The van der Waals surface area contributed by atoms with Crippen molar-refractivity contribution in [3.8, 4) is 5.75 Å². The Morgan fingerprint density at radius 1 is 1.00 bits per heavy atom. The lowest BCUT2D eigenvalue weighted by Gasteiger charge is -2.13. The Morgan fingerprint density at radius 3 is 2.47 bits per heavy atom. The van der Waals surface area contributed by atoms with Crippen molar-refractivity contribution in [2.45, 2.75) is 13.5 Å². The first-order valence-corrected chi connectivity index (χ1v) is 5.72. The molecule has 0 saturated carbocycles. The van der Waals surface area contributed by atoms with E-state index in [1.165, 1.54) is 11.1 Å². The van der Waals surface area contributed by atoms with E-state index < -0.39 is 0 Å². The number of para-hydroxylation sites is 1. The fourth-order valence-electron chi connectivity index (χ4n) is 1.82. The van der Waals surface area contributed by atoms with Gasteiger partial charge in [0.05, 0.1) is 12.8 Å². The topological polar surface area (TPSA) is 21.3 Å². The molecular weight excluding hydrogens is 210 g/mol. The molecule has 1 N–H and O–H groups in total. The van der Waals surface area contributed by atoms with Crippen molar-refractivity contribution in [2.75, 3.05) is 12.4 Å². The summed E-state index contributed by atoms with van der Waals surface area (Å²) < 4.78 is 5.35. The molecule has 0 radical (unpaired) electrons. The summed E-state index contributed by atoms with van der Waals surface area (Å²) >= 11 is 0. The lowest BCUT2D eigenvalue weighted by Crippen LogP contribution is -2.02. The zero-order valence-electron chi connectivity index (χ0n) is 10.2. The van der Waals surface area contributed by atoms with Gasteiger partial charge in [-0.3, -0.25) is 0 Å².